The normalized spacial score (nSPS) is 20.9. The minimum Gasteiger partial charge on any atom is -0.450 e. The van der Waals surface area contributed by atoms with E-state index < -0.39 is 6.04 Å². The molecule has 2 atom stereocenters. The van der Waals surface area contributed by atoms with Crippen LogP contribution in [0.5, 0.6) is 0 Å². The highest BCUT2D eigenvalue weighted by Crippen LogP contribution is 2.39. The van der Waals surface area contributed by atoms with Gasteiger partial charge < -0.3 is 14.1 Å². The van der Waals surface area contributed by atoms with Gasteiger partial charge in [0.2, 0.25) is 5.76 Å². The molecule has 3 aromatic rings. The highest BCUT2D eigenvalue weighted by molar-refractivity contribution is 6.30. The summed E-state index contributed by atoms with van der Waals surface area (Å²) in [7, 11) is 0. The Bertz CT molecular complexity index is 1210. The number of aryl methyl sites for hydroxylation is 2. The van der Waals surface area contributed by atoms with Crippen LogP contribution in [0.1, 0.15) is 51.7 Å². The Morgan fingerprint density at radius 1 is 1.10 bits per heavy atom. The van der Waals surface area contributed by atoms with E-state index in [1.807, 2.05) is 38.1 Å². The van der Waals surface area contributed by atoms with Gasteiger partial charge in [-0.2, -0.15) is 0 Å². The van der Waals surface area contributed by atoms with Crippen molar-refractivity contribution in [2.75, 3.05) is 13.2 Å². The average molecular weight is 424 g/mol. The lowest BCUT2D eigenvalue weighted by Gasteiger charge is -2.27. The van der Waals surface area contributed by atoms with Crippen LogP contribution in [0.15, 0.2) is 45.6 Å². The van der Waals surface area contributed by atoms with Crippen molar-refractivity contribution in [3.63, 3.8) is 0 Å². The molecular weight excluding hydrogens is 402 g/mol. The smallest absolute Gasteiger partial charge is 0.291 e. The number of fused-ring (bicyclic) bond motifs is 2. The largest absolute Gasteiger partial charge is 0.450 e. The standard InChI is InChI=1S/C24H22ClNO4/c1-13-10-18-19(11-14(13)2)30-23-20(22(18)27)21(15-5-7-16(25)8-6-15)26(24(23)28)12-17-4-3-9-29-17/h5-8,10-11,17,21H,3-4,9,12H2,1-2H3/t17-,21+/m0/s1. The molecule has 1 fully saturated rings. The van der Waals surface area contributed by atoms with Gasteiger partial charge in [0.1, 0.15) is 5.58 Å². The minimum absolute atomic E-state index is 0.0351. The fourth-order valence-electron chi connectivity index (χ4n) is 4.46. The number of hydrogen-bond donors (Lipinski definition) is 0. The Hall–Kier alpha value is -2.63. The predicted octanol–water partition coefficient (Wildman–Crippen LogP) is 4.79. The lowest BCUT2D eigenvalue weighted by atomic mass is 9.97. The Labute approximate surface area is 179 Å². The zero-order valence-corrected chi connectivity index (χ0v) is 17.7. The fourth-order valence-corrected chi connectivity index (χ4v) is 4.59. The number of hydrogen-bond acceptors (Lipinski definition) is 4. The molecule has 30 heavy (non-hydrogen) atoms. The van der Waals surface area contributed by atoms with Crippen LogP contribution in [0.25, 0.3) is 11.0 Å². The minimum atomic E-state index is -0.517. The highest BCUT2D eigenvalue weighted by Gasteiger charge is 2.43. The van der Waals surface area contributed by atoms with Gasteiger partial charge in [-0.15, -0.1) is 0 Å². The second-order valence-corrected chi connectivity index (χ2v) is 8.59. The molecule has 0 radical (unpaired) electrons. The van der Waals surface area contributed by atoms with E-state index >= 15 is 0 Å². The molecule has 1 aromatic heterocycles. The average Bonchev–Trinajstić information content (AvgIpc) is 3.33. The Kier molecular flexibility index (Phi) is 4.68. The molecule has 5 rings (SSSR count). The van der Waals surface area contributed by atoms with Gasteiger partial charge in [0.05, 0.1) is 23.1 Å². The van der Waals surface area contributed by atoms with E-state index in [2.05, 4.69) is 0 Å². The van der Waals surface area contributed by atoms with Crippen molar-refractivity contribution in [2.24, 2.45) is 0 Å². The summed E-state index contributed by atoms with van der Waals surface area (Å²) in [5.74, 6) is -0.133. The first-order valence-corrected chi connectivity index (χ1v) is 10.6. The van der Waals surface area contributed by atoms with Crippen LogP contribution in [-0.2, 0) is 4.74 Å². The van der Waals surface area contributed by atoms with Gasteiger partial charge in [-0.3, -0.25) is 9.59 Å². The Morgan fingerprint density at radius 3 is 2.53 bits per heavy atom. The molecule has 0 saturated carbocycles. The van der Waals surface area contributed by atoms with Gasteiger partial charge in [-0.25, -0.2) is 0 Å². The third-order valence-corrected chi connectivity index (χ3v) is 6.44. The molecule has 0 aliphatic carbocycles. The summed E-state index contributed by atoms with van der Waals surface area (Å²) in [6.45, 7) is 5.05. The number of halogens is 1. The quantitative estimate of drug-likeness (QED) is 0.607. The lowest BCUT2D eigenvalue weighted by molar-refractivity contribution is 0.0486. The van der Waals surface area contributed by atoms with Crippen LogP contribution in [-0.4, -0.2) is 30.1 Å². The van der Waals surface area contributed by atoms with Crippen molar-refractivity contribution in [1.29, 1.82) is 0 Å². The number of carbonyl (C=O) groups excluding carboxylic acids is 1. The molecule has 2 aliphatic rings. The van der Waals surface area contributed by atoms with Crippen molar-refractivity contribution >= 4 is 28.5 Å². The summed E-state index contributed by atoms with van der Waals surface area (Å²) in [5, 5.41) is 1.10. The van der Waals surface area contributed by atoms with E-state index in [9.17, 15) is 9.59 Å². The molecule has 0 N–H and O–H groups in total. The van der Waals surface area contributed by atoms with Gasteiger partial charge in [-0.05, 0) is 67.6 Å². The molecule has 2 aromatic carbocycles. The van der Waals surface area contributed by atoms with Gasteiger partial charge in [0.25, 0.3) is 5.91 Å². The number of amides is 1. The van der Waals surface area contributed by atoms with Crippen LogP contribution in [0.4, 0.5) is 0 Å². The van der Waals surface area contributed by atoms with E-state index in [0.717, 1.165) is 29.5 Å². The molecule has 6 heteroatoms. The van der Waals surface area contributed by atoms with Crippen LogP contribution in [0, 0.1) is 13.8 Å². The number of ether oxygens (including phenoxy) is 1. The molecule has 1 saturated heterocycles. The van der Waals surface area contributed by atoms with E-state index in [1.165, 1.54) is 0 Å². The molecule has 154 valence electrons. The molecule has 0 spiro atoms. The van der Waals surface area contributed by atoms with Crippen molar-refractivity contribution in [3.8, 4) is 0 Å². The molecule has 0 bridgehead atoms. The van der Waals surface area contributed by atoms with Crippen LogP contribution < -0.4 is 5.43 Å². The first kappa shape index (κ1) is 19.3. The van der Waals surface area contributed by atoms with Crippen LogP contribution >= 0.6 is 11.6 Å². The maximum absolute atomic E-state index is 13.6. The Balaban J connectivity index is 1.72. The molecule has 5 nitrogen and oxygen atoms in total. The van der Waals surface area contributed by atoms with Crippen LogP contribution in [0.2, 0.25) is 5.02 Å². The number of rotatable bonds is 3. The molecule has 1 amide bonds. The maximum atomic E-state index is 13.6. The zero-order valence-electron chi connectivity index (χ0n) is 16.9. The second-order valence-electron chi connectivity index (χ2n) is 8.15. The van der Waals surface area contributed by atoms with Gasteiger partial charge in [0.15, 0.2) is 5.43 Å². The highest BCUT2D eigenvalue weighted by atomic mass is 35.5. The monoisotopic (exact) mass is 423 g/mol. The summed E-state index contributed by atoms with van der Waals surface area (Å²) < 4.78 is 11.8. The molecule has 2 aliphatic heterocycles. The fraction of sp³-hybridized carbons (Fsp3) is 0.333. The topological polar surface area (TPSA) is 59.8 Å². The third-order valence-electron chi connectivity index (χ3n) is 6.19. The number of nitrogens with zero attached hydrogens (tertiary/aromatic N) is 1. The molecule has 0 unspecified atom stereocenters. The van der Waals surface area contributed by atoms with Crippen molar-refractivity contribution in [3.05, 3.63) is 79.7 Å². The third kappa shape index (κ3) is 3.04. The van der Waals surface area contributed by atoms with E-state index in [4.69, 9.17) is 20.8 Å². The first-order valence-electron chi connectivity index (χ1n) is 10.2. The van der Waals surface area contributed by atoms with Crippen molar-refractivity contribution in [2.45, 2.75) is 38.8 Å². The van der Waals surface area contributed by atoms with Gasteiger partial charge in [-0.1, -0.05) is 23.7 Å². The van der Waals surface area contributed by atoms with Crippen molar-refractivity contribution in [1.82, 2.24) is 4.90 Å². The predicted molar refractivity (Wildman–Crippen MR) is 115 cm³/mol. The summed E-state index contributed by atoms with van der Waals surface area (Å²) in [5.41, 5.74) is 3.55. The lowest BCUT2D eigenvalue weighted by Crippen LogP contribution is -2.36. The number of carbonyl (C=O) groups is 1. The van der Waals surface area contributed by atoms with E-state index in [1.54, 1.807) is 17.0 Å². The maximum Gasteiger partial charge on any atom is 0.291 e. The summed E-state index contributed by atoms with van der Waals surface area (Å²) in [6, 6.07) is 10.4. The SMILES string of the molecule is Cc1cc2oc3c(c(=O)c2cc1C)[C@@H](c1ccc(Cl)cc1)N(C[C@@H]1CCCO1)C3=O. The van der Waals surface area contributed by atoms with Gasteiger partial charge in [0, 0.05) is 18.2 Å². The van der Waals surface area contributed by atoms with E-state index in [0.29, 0.717) is 34.7 Å². The van der Waals surface area contributed by atoms with Gasteiger partial charge >= 0.3 is 0 Å². The summed E-state index contributed by atoms with van der Waals surface area (Å²) in [4.78, 5) is 28.7. The Morgan fingerprint density at radius 2 is 1.83 bits per heavy atom. The zero-order chi connectivity index (χ0) is 21.0. The van der Waals surface area contributed by atoms with Crippen LogP contribution in [0.3, 0.4) is 0 Å². The van der Waals surface area contributed by atoms with E-state index in [-0.39, 0.29) is 23.2 Å². The first-order chi connectivity index (χ1) is 14.4. The second kappa shape index (κ2) is 7.25. The summed E-state index contributed by atoms with van der Waals surface area (Å²) >= 11 is 6.08. The number of benzene rings is 2. The molecule has 3 heterocycles. The van der Waals surface area contributed by atoms with Crippen molar-refractivity contribution < 1.29 is 13.9 Å². The summed E-state index contributed by atoms with van der Waals surface area (Å²) in [6.07, 6.45) is 1.84. The molecular formula is C24H22ClNO4.